The van der Waals surface area contributed by atoms with Crippen LogP contribution in [0.3, 0.4) is 0 Å². The van der Waals surface area contributed by atoms with Crippen molar-refractivity contribution in [1.29, 1.82) is 0 Å². The molecule has 5 heteroatoms. The van der Waals surface area contributed by atoms with E-state index in [1.807, 2.05) is 49.4 Å². The number of aromatic hydroxyl groups is 2. The molecular formula is C31H38N2O3. The average Bonchev–Trinajstić information content (AvgIpc) is 2.87. The van der Waals surface area contributed by atoms with Gasteiger partial charge in [0.25, 0.3) is 0 Å². The van der Waals surface area contributed by atoms with Crippen LogP contribution >= 0.6 is 0 Å². The van der Waals surface area contributed by atoms with Gasteiger partial charge in [-0.3, -0.25) is 9.98 Å². The summed E-state index contributed by atoms with van der Waals surface area (Å²) in [5.41, 5.74) is 3.55. The lowest BCUT2D eigenvalue weighted by Gasteiger charge is -2.08. The molecule has 3 aromatic rings. The lowest BCUT2D eigenvalue weighted by atomic mass is 10.1. The van der Waals surface area contributed by atoms with Crippen LogP contribution in [0.5, 0.6) is 17.2 Å². The normalized spacial score (nSPS) is 11.5. The van der Waals surface area contributed by atoms with E-state index < -0.39 is 0 Å². The molecule has 0 heterocycles. The molecule has 0 unspecified atom stereocenters. The number of rotatable bonds is 14. The molecule has 0 aliphatic rings. The Bertz CT molecular complexity index is 1150. The van der Waals surface area contributed by atoms with Crippen LogP contribution in [0.25, 0.3) is 0 Å². The molecule has 0 radical (unpaired) electrons. The van der Waals surface area contributed by atoms with Gasteiger partial charge in [-0.15, -0.1) is 0 Å². The first-order chi connectivity index (χ1) is 17.6. The van der Waals surface area contributed by atoms with E-state index in [0.717, 1.165) is 12.0 Å². The number of benzene rings is 3. The summed E-state index contributed by atoms with van der Waals surface area (Å²) in [7, 11) is 0. The molecule has 2 N–H and O–H groups in total. The third-order valence-corrected chi connectivity index (χ3v) is 6.02. The number of phenolic OH excluding ortho intramolecular Hbond substituents is 2. The predicted molar refractivity (Wildman–Crippen MR) is 150 cm³/mol. The van der Waals surface area contributed by atoms with Crippen LogP contribution in [-0.4, -0.2) is 29.2 Å². The molecule has 0 aliphatic carbocycles. The second-order valence-corrected chi connectivity index (χ2v) is 9.11. The van der Waals surface area contributed by atoms with Crippen LogP contribution in [0.1, 0.15) is 75.0 Å². The molecule has 0 fully saturated rings. The summed E-state index contributed by atoms with van der Waals surface area (Å²) >= 11 is 0. The number of hydrogen-bond donors (Lipinski definition) is 2. The fourth-order valence-corrected chi connectivity index (χ4v) is 3.87. The quantitative estimate of drug-likeness (QED) is 0.177. The summed E-state index contributed by atoms with van der Waals surface area (Å²) in [5, 5.41) is 20.6. The van der Waals surface area contributed by atoms with Crippen molar-refractivity contribution in [2.45, 2.75) is 65.2 Å². The van der Waals surface area contributed by atoms with Crippen LogP contribution in [0, 0.1) is 6.92 Å². The van der Waals surface area contributed by atoms with Crippen LogP contribution < -0.4 is 4.74 Å². The van der Waals surface area contributed by atoms with E-state index >= 15 is 0 Å². The van der Waals surface area contributed by atoms with Crippen LogP contribution in [0.4, 0.5) is 11.4 Å². The third kappa shape index (κ3) is 8.88. The highest BCUT2D eigenvalue weighted by Gasteiger charge is 2.04. The van der Waals surface area contributed by atoms with Crippen molar-refractivity contribution in [3.8, 4) is 17.2 Å². The number of unbranched alkanes of at least 4 members (excludes halogenated alkanes) is 7. The van der Waals surface area contributed by atoms with E-state index in [0.29, 0.717) is 34.9 Å². The molecule has 0 amide bonds. The summed E-state index contributed by atoms with van der Waals surface area (Å²) in [4.78, 5) is 9.04. The maximum atomic E-state index is 10.5. The van der Waals surface area contributed by atoms with Gasteiger partial charge in [-0.2, -0.15) is 0 Å². The monoisotopic (exact) mass is 486 g/mol. The molecular weight excluding hydrogens is 448 g/mol. The van der Waals surface area contributed by atoms with Gasteiger partial charge in [-0.1, -0.05) is 70.1 Å². The summed E-state index contributed by atoms with van der Waals surface area (Å²) in [6.45, 7) is 4.82. The first kappa shape index (κ1) is 27.0. The predicted octanol–water partition coefficient (Wildman–Crippen LogP) is 8.43. The van der Waals surface area contributed by atoms with Crippen molar-refractivity contribution in [3.05, 3.63) is 77.4 Å². The Morgan fingerprint density at radius 3 is 1.83 bits per heavy atom. The highest BCUT2D eigenvalue weighted by Crippen LogP contribution is 2.29. The molecule has 36 heavy (non-hydrogen) atoms. The van der Waals surface area contributed by atoms with Gasteiger partial charge >= 0.3 is 0 Å². The number of nitrogens with zero attached hydrogens (tertiary/aromatic N) is 2. The number of ether oxygens (including phenoxy) is 1. The third-order valence-electron chi connectivity index (χ3n) is 6.02. The summed E-state index contributed by atoms with van der Waals surface area (Å²) in [5.74, 6) is 0.975. The molecule has 190 valence electrons. The lowest BCUT2D eigenvalue weighted by Crippen LogP contribution is -1.97. The van der Waals surface area contributed by atoms with Gasteiger partial charge < -0.3 is 14.9 Å². The first-order valence-electron chi connectivity index (χ1n) is 13.0. The molecule has 0 saturated carbocycles. The molecule has 0 atom stereocenters. The number of para-hydroxylation sites is 2. The summed E-state index contributed by atoms with van der Waals surface area (Å²) in [6, 6.07) is 18.2. The highest BCUT2D eigenvalue weighted by molar-refractivity contribution is 5.89. The SMILES string of the molecule is CCCCCCCCCCOc1ccc(C=Nc2ccccc2N=Cc2ccc(C)cc2O)c(O)c1. The van der Waals surface area contributed by atoms with Gasteiger partial charge in [-0.25, -0.2) is 0 Å². The Kier molecular flexibility index (Phi) is 11.0. The van der Waals surface area contributed by atoms with E-state index in [1.165, 1.54) is 44.9 Å². The molecule has 0 aromatic heterocycles. The van der Waals surface area contributed by atoms with Crippen molar-refractivity contribution in [1.82, 2.24) is 0 Å². The molecule has 0 aliphatic heterocycles. The molecule has 3 rings (SSSR count). The standard InChI is InChI=1S/C31H38N2O3/c1-3-4-5-6-7-8-9-12-19-36-27-18-17-26(31(35)21-27)23-33-29-14-11-10-13-28(29)32-22-25-16-15-24(2)20-30(25)34/h10-11,13-18,20-23,34-35H,3-9,12,19H2,1-2H3. The minimum Gasteiger partial charge on any atom is -0.507 e. The Morgan fingerprint density at radius 2 is 1.25 bits per heavy atom. The molecule has 5 nitrogen and oxygen atoms in total. The number of hydrogen-bond acceptors (Lipinski definition) is 5. The van der Waals surface area contributed by atoms with Gasteiger partial charge in [-0.05, 0) is 55.3 Å². The zero-order chi connectivity index (χ0) is 25.6. The Morgan fingerprint density at radius 1 is 0.694 bits per heavy atom. The van der Waals surface area contributed by atoms with Crippen molar-refractivity contribution in [3.63, 3.8) is 0 Å². The van der Waals surface area contributed by atoms with Gasteiger partial charge in [0, 0.05) is 29.6 Å². The maximum Gasteiger partial charge on any atom is 0.128 e. The Balaban J connectivity index is 1.54. The average molecular weight is 487 g/mol. The summed E-state index contributed by atoms with van der Waals surface area (Å²) < 4.78 is 5.82. The molecule has 0 bridgehead atoms. The lowest BCUT2D eigenvalue weighted by molar-refractivity contribution is 0.302. The van der Waals surface area contributed by atoms with Crippen molar-refractivity contribution >= 4 is 23.8 Å². The summed E-state index contributed by atoms with van der Waals surface area (Å²) in [6.07, 6.45) is 13.3. The zero-order valence-electron chi connectivity index (χ0n) is 21.5. The van der Waals surface area contributed by atoms with E-state index in [-0.39, 0.29) is 11.5 Å². The highest BCUT2D eigenvalue weighted by atomic mass is 16.5. The van der Waals surface area contributed by atoms with Gasteiger partial charge in [0.1, 0.15) is 17.2 Å². The molecule has 3 aromatic carbocycles. The van der Waals surface area contributed by atoms with E-state index in [4.69, 9.17) is 4.74 Å². The van der Waals surface area contributed by atoms with E-state index in [9.17, 15) is 10.2 Å². The van der Waals surface area contributed by atoms with E-state index in [2.05, 4.69) is 16.9 Å². The van der Waals surface area contributed by atoms with Gasteiger partial charge in [0.15, 0.2) is 0 Å². The van der Waals surface area contributed by atoms with Crippen LogP contribution in [0.15, 0.2) is 70.6 Å². The van der Waals surface area contributed by atoms with Crippen molar-refractivity contribution < 1.29 is 14.9 Å². The van der Waals surface area contributed by atoms with Crippen LogP contribution in [-0.2, 0) is 0 Å². The fourth-order valence-electron chi connectivity index (χ4n) is 3.87. The Hall–Kier alpha value is -3.60. The van der Waals surface area contributed by atoms with Gasteiger partial charge in [0.2, 0.25) is 0 Å². The van der Waals surface area contributed by atoms with E-state index in [1.54, 1.807) is 30.6 Å². The maximum absolute atomic E-state index is 10.5. The van der Waals surface area contributed by atoms with Gasteiger partial charge in [0.05, 0.1) is 18.0 Å². The number of aliphatic imine (C=N–C) groups is 2. The Labute approximate surface area is 215 Å². The largest absolute Gasteiger partial charge is 0.507 e. The minimum atomic E-state index is 0.123. The fraction of sp³-hybridized carbons (Fsp3) is 0.355. The van der Waals surface area contributed by atoms with Crippen molar-refractivity contribution in [2.24, 2.45) is 9.98 Å². The number of aryl methyl sites for hydroxylation is 1. The van der Waals surface area contributed by atoms with Crippen molar-refractivity contribution in [2.75, 3.05) is 6.61 Å². The zero-order valence-corrected chi connectivity index (χ0v) is 21.5. The second-order valence-electron chi connectivity index (χ2n) is 9.11. The topological polar surface area (TPSA) is 74.4 Å². The minimum absolute atomic E-state index is 0.123. The van der Waals surface area contributed by atoms with Crippen LogP contribution in [0.2, 0.25) is 0 Å². The molecule has 0 saturated heterocycles. The first-order valence-corrected chi connectivity index (χ1v) is 13.0. The number of phenols is 2. The molecule has 0 spiro atoms. The smallest absolute Gasteiger partial charge is 0.128 e. The second kappa shape index (κ2) is 14.7.